The minimum Gasteiger partial charge on any atom is -0.478 e. The van der Waals surface area contributed by atoms with Gasteiger partial charge in [0.05, 0.1) is 26.7 Å². The van der Waals surface area contributed by atoms with E-state index >= 15 is 0 Å². The molecule has 1 aliphatic rings. The van der Waals surface area contributed by atoms with Crippen LogP contribution in [0.5, 0.6) is 0 Å². The number of halogens is 6. The Morgan fingerprint density at radius 2 is 1.80 bits per heavy atom. The Bertz CT molecular complexity index is 1660. The summed E-state index contributed by atoms with van der Waals surface area (Å²) in [6.45, 7) is 8.73. The molecule has 1 aliphatic heterocycles. The Morgan fingerprint density at radius 3 is 2.30 bits per heavy atom. The number of hydrogen-bond acceptors (Lipinski definition) is 7. The number of hydrogen-bond donors (Lipinski definition) is 2. The second-order valence-electron chi connectivity index (χ2n) is 10.3. The molecule has 1 unspecified atom stereocenters. The van der Waals surface area contributed by atoms with E-state index < -0.39 is 45.7 Å². The number of ether oxygens (including phenoxy) is 1. The summed E-state index contributed by atoms with van der Waals surface area (Å²) >= 11 is 8.67. The molecule has 10 nitrogen and oxygen atoms in total. The lowest BCUT2D eigenvalue weighted by Gasteiger charge is -2.21. The van der Waals surface area contributed by atoms with Crippen LogP contribution in [0, 0.1) is 11.7 Å². The summed E-state index contributed by atoms with van der Waals surface area (Å²) < 4.78 is 58.6. The zero-order valence-electron chi connectivity index (χ0n) is 24.2. The third kappa shape index (κ3) is 7.09. The number of carbonyl (C=O) groups excluding carboxylic acids is 2. The molecule has 4 rings (SSSR count). The number of benzene rings is 1. The van der Waals surface area contributed by atoms with E-state index in [0.29, 0.717) is 4.68 Å². The van der Waals surface area contributed by atoms with E-state index in [2.05, 4.69) is 36.3 Å². The number of amidine groups is 1. The normalized spacial score (nSPS) is 16.4. The Labute approximate surface area is 262 Å². The predicted molar refractivity (Wildman–Crippen MR) is 156 cm³/mol. The maximum Gasteiger partial charge on any atom is 0.434 e. The van der Waals surface area contributed by atoms with Crippen molar-refractivity contribution >= 4 is 51.2 Å². The van der Waals surface area contributed by atoms with E-state index in [-0.39, 0.29) is 50.8 Å². The molecule has 0 saturated heterocycles. The van der Waals surface area contributed by atoms with Crippen LogP contribution in [0.25, 0.3) is 11.3 Å². The zero-order chi connectivity index (χ0) is 33.3. The first-order valence-electron chi connectivity index (χ1n) is 12.9. The lowest BCUT2D eigenvalue weighted by atomic mass is 9.89. The van der Waals surface area contributed by atoms with Crippen LogP contribution in [-0.2, 0) is 22.8 Å². The number of carbonyl (C=O) groups is 3. The number of carboxylic acid groups (broad SMARTS) is 1. The van der Waals surface area contributed by atoms with E-state index in [1.165, 1.54) is 18.3 Å². The quantitative estimate of drug-likeness (QED) is 0.227. The van der Waals surface area contributed by atoms with Crippen LogP contribution in [0.15, 0.2) is 39.9 Å². The summed E-state index contributed by atoms with van der Waals surface area (Å²) in [6.07, 6.45) is -3.67. The zero-order valence-corrected chi connectivity index (χ0v) is 26.5. The average Bonchev–Trinajstić information content (AvgIpc) is 3.38. The number of nitrogens with one attached hydrogen (secondary N) is 1. The Balaban J connectivity index is 0.000000249. The number of aromatic nitrogens is 3. The molecule has 0 aliphatic carbocycles. The van der Waals surface area contributed by atoms with Crippen LogP contribution < -0.4 is 5.32 Å². The first-order chi connectivity index (χ1) is 20.3. The number of aryl methyl sites for hydroxylation is 1. The van der Waals surface area contributed by atoms with E-state index in [9.17, 15) is 31.9 Å². The highest BCUT2D eigenvalue weighted by molar-refractivity contribution is 9.10. The van der Waals surface area contributed by atoms with Crippen molar-refractivity contribution in [1.29, 1.82) is 0 Å². The molecule has 2 aromatic heterocycles. The molecule has 3 aromatic rings. The van der Waals surface area contributed by atoms with Crippen molar-refractivity contribution in [3.63, 3.8) is 0 Å². The summed E-state index contributed by atoms with van der Waals surface area (Å²) in [6, 6.07) is 4.83. The highest BCUT2D eigenvalue weighted by Crippen LogP contribution is 2.41. The van der Waals surface area contributed by atoms with Crippen molar-refractivity contribution in [3.8, 4) is 11.3 Å². The molecule has 0 radical (unpaired) electrons. The second kappa shape index (κ2) is 13.0. The summed E-state index contributed by atoms with van der Waals surface area (Å²) in [5.41, 5.74) is -2.54. The Kier molecular flexibility index (Phi) is 10.3. The molecule has 2 N–H and O–H groups in total. The van der Waals surface area contributed by atoms with Crippen molar-refractivity contribution in [2.24, 2.45) is 18.0 Å². The standard InChI is InChI=1S/C15H12BrClF4N2O2.C13H15N3O3/c1-6(2)25-14(24)7-4-8(10(18)5-9(7)17)12-11(16)13(15(19,20)21)23(3)22-12;1-7(2)13(3)12(19)15-10(16-13)9-8(11(17)18)5-4-6-14-9/h4-6H,1-3H3;4-7H,1-3H3,(H,17,18)(H,15,16,19). The molecule has 0 fully saturated rings. The second-order valence-corrected chi connectivity index (χ2v) is 11.5. The number of pyridine rings is 1. The molecule has 0 spiro atoms. The van der Waals surface area contributed by atoms with Gasteiger partial charge in [-0.2, -0.15) is 18.3 Å². The van der Waals surface area contributed by atoms with Gasteiger partial charge in [0.25, 0.3) is 5.91 Å². The van der Waals surface area contributed by atoms with Gasteiger partial charge in [0.15, 0.2) is 11.5 Å². The molecule has 44 heavy (non-hydrogen) atoms. The Hall–Kier alpha value is -3.85. The first kappa shape index (κ1) is 34.6. The minimum absolute atomic E-state index is 0.00184. The first-order valence-corrected chi connectivity index (χ1v) is 14.1. The number of aromatic carboxylic acids is 1. The molecular weight excluding hydrogens is 678 g/mol. The van der Waals surface area contributed by atoms with E-state index in [1.54, 1.807) is 20.8 Å². The number of rotatable bonds is 6. The van der Waals surface area contributed by atoms with Gasteiger partial charge in [-0.25, -0.2) is 19.0 Å². The molecule has 236 valence electrons. The summed E-state index contributed by atoms with van der Waals surface area (Å²) in [4.78, 5) is 43.5. The van der Waals surface area contributed by atoms with Gasteiger partial charge in [0.1, 0.15) is 22.7 Å². The van der Waals surface area contributed by atoms with Gasteiger partial charge < -0.3 is 15.2 Å². The minimum atomic E-state index is -4.69. The van der Waals surface area contributed by atoms with Crippen molar-refractivity contribution in [2.45, 2.75) is 52.4 Å². The van der Waals surface area contributed by atoms with Gasteiger partial charge in [0.2, 0.25) is 0 Å². The molecule has 1 aromatic carbocycles. The SMILES string of the molecule is CC(C)C1(C)N=C(c2ncccc2C(=O)O)NC1=O.CC(C)OC(=O)c1cc(-c2nn(C)c(C(F)(F)F)c2Br)c(F)cc1Cl. The molecule has 16 heteroatoms. The lowest BCUT2D eigenvalue weighted by molar-refractivity contribution is -0.144. The van der Waals surface area contributed by atoms with Gasteiger partial charge >= 0.3 is 18.1 Å². The fourth-order valence-electron chi connectivity index (χ4n) is 3.96. The summed E-state index contributed by atoms with van der Waals surface area (Å²) in [5.74, 6) is -2.85. The van der Waals surface area contributed by atoms with Gasteiger partial charge in [-0.1, -0.05) is 25.4 Å². The summed E-state index contributed by atoms with van der Waals surface area (Å²) in [7, 11) is 1.08. The van der Waals surface area contributed by atoms with Crippen LogP contribution in [0.4, 0.5) is 17.6 Å². The fraction of sp³-hybridized carbons (Fsp3) is 0.357. The highest BCUT2D eigenvalue weighted by Gasteiger charge is 2.43. The average molecular weight is 705 g/mol. The van der Waals surface area contributed by atoms with Gasteiger partial charge in [0, 0.05) is 18.8 Å². The molecule has 0 saturated carbocycles. The van der Waals surface area contributed by atoms with Crippen molar-refractivity contribution < 1.29 is 41.8 Å². The number of aliphatic imine (C=N–C) groups is 1. The predicted octanol–water partition coefficient (Wildman–Crippen LogP) is 6.30. The van der Waals surface area contributed by atoms with E-state index in [0.717, 1.165) is 19.2 Å². The van der Waals surface area contributed by atoms with Crippen LogP contribution >= 0.6 is 27.5 Å². The molecule has 0 bridgehead atoms. The van der Waals surface area contributed by atoms with Gasteiger partial charge in [-0.3, -0.25) is 14.5 Å². The van der Waals surface area contributed by atoms with Gasteiger partial charge in [-0.05, 0) is 66.9 Å². The number of carboxylic acids is 1. The fourth-order valence-corrected chi connectivity index (χ4v) is 4.96. The summed E-state index contributed by atoms with van der Waals surface area (Å²) in [5, 5.41) is 15.2. The Morgan fingerprint density at radius 1 is 1.16 bits per heavy atom. The van der Waals surface area contributed by atoms with E-state index in [1.807, 2.05) is 13.8 Å². The van der Waals surface area contributed by atoms with Crippen LogP contribution in [0.1, 0.15) is 66.7 Å². The lowest BCUT2D eigenvalue weighted by Crippen LogP contribution is -2.41. The van der Waals surface area contributed by atoms with Crippen LogP contribution in [0.2, 0.25) is 5.02 Å². The smallest absolute Gasteiger partial charge is 0.434 e. The van der Waals surface area contributed by atoms with Gasteiger partial charge in [-0.15, -0.1) is 0 Å². The molecule has 3 heterocycles. The maximum absolute atomic E-state index is 14.3. The van der Waals surface area contributed by atoms with Crippen molar-refractivity contribution in [2.75, 3.05) is 0 Å². The van der Waals surface area contributed by atoms with Crippen molar-refractivity contribution in [1.82, 2.24) is 20.1 Å². The molecule has 1 amide bonds. The third-order valence-electron chi connectivity index (χ3n) is 6.55. The third-order valence-corrected chi connectivity index (χ3v) is 7.62. The number of esters is 1. The van der Waals surface area contributed by atoms with Crippen molar-refractivity contribution in [3.05, 3.63) is 68.3 Å². The maximum atomic E-state index is 14.3. The molecule has 1 atom stereocenters. The largest absolute Gasteiger partial charge is 0.478 e. The molecular formula is C28H27BrClF4N5O5. The number of amides is 1. The van der Waals surface area contributed by atoms with Crippen LogP contribution in [-0.4, -0.2) is 55.2 Å². The van der Waals surface area contributed by atoms with Crippen LogP contribution in [0.3, 0.4) is 0 Å². The topological polar surface area (TPSA) is 136 Å². The van der Waals surface area contributed by atoms with E-state index in [4.69, 9.17) is 21.4 Å². The monoisotopic (exact) mass is 703 g/mol. The number of alkyl halides is 3. The highest BCUT2D eigenvalue weighted by atomic mass is 79.9. The number of nitrogens with zero attached hydrogens (tertiary/aromatic N) is 4.